The Labute approximate surface area is 139 Å². The van der Waals surface area contributed by atoms with Crippen LogP contribution in [0.15, 0.2) is 89.7 Å². The average molecular weight is 313 g/mol. The number of fused-ring (bicyclic) bond motifs is 1. The minimum atomic E-state index is -0.127. The molecule has 0 amide bonds. The van der Waals surface area contributed by atoms with Gasteiger partial charge in [0.2, 0.25) is 0 Å². The molecule has 0 radical (unpaired) electrons. The van der Waals surface area contributed by atoms with Gasteiger partial charge in [-0.15, -0.1) is 0 Å². The third kappa shape index (κ3) is 2.36. The molecule has 0 fully saturated rings. The summed E-state index contributed by atoms with van der Waals surface area (Å²) in [5.74, 6) is 0.136. The van der Waals surface area contributed by atoms with Crippen LogP contribution in [0.2, 0.25) is 0 Å². The highest BCUT2D eigenvalue weighted by atomic mass is 16.3. The molecule has 0 atom stereocenters. The van der Waals surface area contributed by atoms with E-state index in [1.165, 1.54) is 0 Å². The standard InChI is InChI=1S/C21H15NO2/c23-17-11-12-18-19(15-7-3-1-4-8-15)14-21(24)22(20(18)13-17)16-9-5-2-6-10-16/h1-14,23H. The van der Waals surface area contributed by atoms with Crippen LogP contribution < -0.4 is 5.56 Å². The number of pyridine rings is 1. The van der Waals surface area contributed by atoms with E-state index in [2.05, 4.69) is 0 Å². The number of phenols is 1. The summed E-state index contributed by atoms with van der Waals surface area (Å²) >= 11 is 0. The monoisotopic (exact) mass is 313 g/mol. The van der Waals surface area contributed by atoms with Crippen molar-refractivity contribution in [3.05, 3.63) is 95.3 Å². The molecule has 0 aliphatic heterocycles. The molecule has 1 heterocycles. The number of aromatic nitrogens is 1. The zero-order valence-corrected chi connectivity index (χ0v) is 12.9. The predicted octanol–water partition coefficient (Wildman–Crippen LogP) is 4.36. The first-order chi connectivity index (χ1) is 11.7. The first-order valence-corrected chi connectivity index (χ1v) is 7.74. The lowest BCUT2D eigenvalue weighted by molar-refractivity contribution is 0.476. The Morgan fingerprint density at radius 2 is 1.42 bits per heavy atom. The first-order valence-electron chi connectivity index (χ1n) is 7.74. The third-order valence-electron chi connectivity index (χ3n) is 4.10. The molecule has 4 rings (SSSR count). The highest BCUT2D eigenvalue weighted by Gasteiger charge is 2.12. The maximum absolute atomic E-state index is 12.8. The number of hydrogen-bond donors (Lipinski definition) is 1. The SMILES string of the molecule is O=c1cc(-c2ccccc2)c2ccc(O)cc2n1-c1ccccc1. The lowest BCUT2D eigenvalue weighted by Crippen LogP contribution is -2.18. The smallest absolute Gasteiger partial charge is 0.256 e. The van der Waals surface area contributed by atoms with E-state index < -0.39 is 0 Å². The molecule has 0 aliphatic rings. The summed E-state index contributed by atoms with van der Waals surface area (Å²) in [6, 6.07) is 26.0. The summed E-state index contributed by atoms with van der Waals surface area (Å²) in [5, 5.41) is 10.9. The second-order valence-electron chi connectivity index (χ2n) is 5.63. The van der Waals surface area contributed by atoms with Crippen molar-refractivity contribution < 1.29 is 5.11 Å². The molecular weight excluding hydrogens is 298 g/mol. The van der Waals surface area contributed by atoms with Crippen molar-refractivity contribution in [2.24, 2.45) is 0 Å². The van der Waals surface area contributed by atoms with Gasteiger partial charge in [0.05, 0.1) is 5.52 Å². The molecule has 0 saturated carbocycles. The molecule has 1 aromatic heterocycles. The summed E-state index contributed by atoms with van der Waals surface area (Å²) in [5.41, 5.74) is 3.18. The minimum Gasteiger partial charge on any atom is -0.508 e. The molecule has 3 nitrogen and oxygen atoms in total. The van der Waals surface area contributed by atoms with Crippen LogP contribution in [0.1, 0.15) is 0 Å². The maximum atomic E-state index is 12.8. The molecular formula is C21H15NO2. The molecule has 0 aliphatic carbocycles. The quantitative estimate of drug-likeness (QED) is 0.597. The highest BCUT2D eigenvalue weighted by Crippen LogP contribution is 2.30. The number of nitrogens with zero attached hydrogens (tertiary/aromatic N) is 1. The topological polar surface area (TPSA) is 42.2 Å². The summed E-state index contributed by atoms with van der Waals surface area (Å²) in [6.45, 7) is 0. The summed E-state index contributed by atoms with van der Waals surface area (Å²) in [4.78, 5) is 12.8. The number of para-hydroxylation sites is 1. The normalized spacial score (nSPS) is 10.8. The zero-order valence-electron chi connectivity index (χ0n) is 12.9. The zero-order chi connectivity index (χ0) is 16.5. The highest BCUT2D eigenvalue weighted by molar-refractivity contribution is 5.96. The van der Waals surface area contributed by atoms with Crippen LogP contribution in [0.4, 0.5) is 0 Å². The van der Waals surface area contributed by atoms with Gasteiger partial charge in [-0.25, -0.2) is 0 Å². The Morgan fingerprint density at radius 1 is 0.750 bits per heavy atom. The molecule has 0 saturated heterocycles. The van der Waals surface area contributed by atoms with E-state index in [0.29, 0.717) is 5.52 Å². The molecule has 24 heavy (non-hydrogen) atoms. The second kappa shape index (κ2) is 5.70. The molecule has 1 N–H and O–H groups in total. The van der Waals surface area contributed by atoms with Crippen molar-refractivity contribution >= 4 is 10.9 Å². The third-order valence-corrected chi connectivity index (χ3v) is 4.10. The van der Waals surface area contributed by atoms with Gasteiger partial charge < -0.3 is 5.11 Å². The van der Waals surface area contributed by atoms with Crippen LogP contribution in [-0.4, -0.2) is 9.67 Å². The van der Waals surface area contributed by atoms with Gasteiger partial charge in [0.15, 0.2) is 0 Å². The largest absolute Gasteiger partial charge is 0.508 e. The van der Waals surface area contributed by atoms with Crippen LogP contribution in [-0.2, 0) is 0 Å². The fourth-order valence-electron chi connectivity index (χ4n) is 3.02. The molecule has 0 unspecified atom stereocenters. The fourth-order valence-corrected chi connectivity index (χ4v) is 3.02. The molecule has 4 aromatic rings. The second-order valence-corrected chi connectivity index (χ2v) is 5.63. The number of aromatic hydroxyl groups is 1. The van der Waals surface area contributed by atoms with Gasteiger partial charge in [0.25, 0.3) is 5.56 Å². The Balaban J connectivity index is 2.12. The fraction of sp³-hybridized carbons (Fsp3) is 0. The van der Waals surface area contributed by atoms with Gasteiger partial charge >= 0.3 is 0 Å². The Kier molecular flexibility index (Phi) is 3.39. The van der Waals surface area contributed by atoms with Crippen LogP contribution in [0.25, 0.3) is 27.7 Å². The van der Waals surface area contributed by atoms with Crippen LogP contribution in [0.5, 0.6) is 5.75 Å². The van der Waals surface area contributed by atoms with Crippen LogP contribution >= 0.6 is 0 Å². The average Bonchev–Trinajstić information content (AvgIpc) is 2.62. The van der Waals surface area contributed by atoms with E-state index in [1.807, 2.05) is 66.7 Å². The van der Waals surface area contributed by atoms with E-state index >= 15 is 0 Å². The van der Waals surface area contributed by atoms with Crippen molar-refractivity contribution in [1.82, 2.24) is 4.57 Å². The van der Waals surface area contributed by atoms with E-state index in [1.54, 1.807) is 22.8 Å². The van der Waals surface area contributed by atoms with Crippen molar-refractivity contribution in [1.29, 1.82) is 0 Å². The van der Waals surface area contributed by atoms with Crippen LogP contribution in [0.3, 0.4) is 0 Å². The number of hydrogen-bond acceptors (Lipinski definition) is 2. The van der Waals surface area contributed by atoms with Gasteiger partial charge in [0, 0.05) is 23.2 Å². The molecule has 3 aromatic carbocycles. The van der Waals surface area contributed by atoms with E-state index in [-0.39, 0.29) is 11.3 Å². The number of benzene rings is 3. The predicted molar refractivity (Wildman–Crippen MR) is 96.6 cm³/mol. The molecule has 0 spiro atoms. The molecule has 0 bridgehead atoms. The molecule has 3 heteroatoms. The van der Waals surface area contributed by atoms with Crippen molar-refractivity contribution in [2.45, 2.75) is 0 Å². The Hall–Kier alpha value is -3.33. The lowest BCUT2D eigenvalue weighted by atomic mass is 10.0. The van der Waals surface area contributed by atoms with E-state index in [4.69, 9.17) is 0 Å². The summed E-state index contributed by atoms with van der Waals surface area (Å²) in [6.07, 6.45) is 0. The number of rotatable bonds is 2. The van der Waals surface area contributed by atoms with Gasteiger partial charge in [-0.1, -0.05) is 48.5 Å². The van der Waals surface area contributed by atoms with Gasteiger partial charge in [-0.2, -0.15) is 0 Å². The van der Waals surface area contributed by atoms with Crippen molar-refractivity contribution in [3.63, 3.8) is 0 Å². The maximum Gasteiger partial charge on any atom is 0.256 e. The summed E-state index contributed by atoms with van der Waals surface area (Å²) < 4.78 is 1.63. The van der Waals surface area contributed by atoms with Gasteiger partial charge in [0.1, 0.15) is 5.75 Å². The number of phenolic OH excluding ortho intramolecular Hbond substituents is 1. The lowest BCUT2D eigenvalue weighted by Gasteiger charge is -2.14. The van der Waals surface area contributed by atoms with Crippen molar-refractivity contribution in [3.8, 4) is 22.6 Å². The van der Waals surface area contributed by atoms with Gasteiger partial charge in [-0.05, 0) is 35.4 Å². The first kappa shape index (κ1) is 14.3. The van der Waals surface area contributed by atoms with Crippen LogP contribution in [0, 0.1) is 0 Å². The summed E-state index contributed by atoms with van der Waals surface area (Å²) in [7, 11) is 0. The molecule has 116 valence electrons. The van der Waals surface area contributed by atoms with Gasteiger partial charge in [-0.3, -0.25) is 9.36 Å². The van der Waals surface area contributed by atoms with E-state index in [9.17, 15) is 9.90 Å². The Morgan fingerprint density at radius 3 is 2.12 bits per heavy atom. The Bertz CT molecular complexity index is 1070. The minimum absolute atomic E-state index is 0.127. The van der Waals surface area contributed by atoms with Crippen molar-refractivity contribution in [2.75, 3.05) is 0 Å². The van der Waals surface area contributed by atoms with E-state index in [0.717, 1.165) is 22.2 Å².